The third-order valence-electron chi connectivity index (χ3n) is 5.13. The number of carbonyl (C=O) groups is 1. The Balaban J connectivity index is 3.37. The van der Waals surface area contributed by atoms with Crippen LogP contribution in [0.1, 0.15) is 117 Å². The molecule has 0 aromatic carbocycles. The lowest BCUT2D eigenvalue weighted by molar-refractivity contribution is -0.122. The summed E-state index contributed by atoms with van der Waals surface area (Å²) in [5, 5.41) is 2.64. The fraction of sp³-hybridized carbons (Fsp3) is 0.957. The molecule has 180 valence electrons. The normalized spacial score (nSPS) is 12.3. The van der Waals surface area contributed by atoms with Crippen molar-refractivity contribution in [2.75, 3.05) is 17.3 Å². The number of nitrogens with one attached hydrogen (secondary N) is 1. The number of rotatable bonds is 21. The van der Waals surface area contributed by atoms with Gasteiger partial charge in [0.25, 0.3) is 0 Å². The Labute approximate surface area is 190 Å². The summed E-state index contributed by atoms with van der Waals surface area (Å²) in [7, 11) is -4.35. The van der Waals surface area contributed by atoms with Crippen molar-refractivity contribution >= 4 is 27.8 Å². The predicted molar refractivity (Wildman–Crippen MR) is 129 cm³/mol. The van der Waals surface area contributed by atoms with E-state index in [2.05, 4.69) is 12.2 Å². The Morgan fingerprint density at radius 3 is 1.67 bits per heavy atom. The van der Waals surface area contributed by atoms with Crippen molar-refractivity contribution in [2.45, 2.75) is 123 Å². The van der Waals surface area contributed by atoms with Crippen LogP contribution >= 0.6 is 11.8 Å². The summed E-state index contributed by atoms with van der Waals surface area (Å²) >= 11 is 1.76. The quantitative estimate of drug-likeness (QED) is 0.165. The van der Waals surface area contributed by atoms with E-state index in [4.69, 9.17) is 0 Å². The third-order valence-corrected chi connectivity index (χ3v) is 7.28. The maximum atomic E-state index is 11.9. The van der Waals surface area contributed by atoms with E-state index in [1.54, 1.807) is 25.6 Å². The molecule has 0 aromatic heterocycles. The van der Waals surface area contributed by atoms with Crippen LogP contribution in [0, 0.1) is 0 Å². The molecule has 0 aromatic rings. The molecular formula is C23H46NO4S2-. The minimum atomic E-state index is -4.35. The lowest BCUT2D eigenvalue weighted by Crippen LogP contribution is -2.48. The molecule has 0 fully saturated rings. The zero-order chi connectivity index (χ0) is 22.7. The van der Waals surface area contributed by atoms with E-state index in [0.29, 0.717) is 6.42 Å². The topological polar surface area (TPSA) is 86.3 Å². The third kappa shape index (κ3) is 22.4. The highest BCUT2D eigenvalue weighted by atomic mass is 32.2. The van der Waals surface area contributed by atoms with E-state index in [1.807, 2.05) is 0 Å². The Bertz CT molecular complexity index is 521. The highest BCUT2D eigenvalue weighted by molar-refractivity contribution is 7.99. The van der Waals surface area contributed by atoms with Gasteiger partial charge in [-0.2, -0.15) is 11.8 Å². The van der Waals surface area contributed by atoms with Gasteiger partial charge in [0.2, 0.25) is 5.91 Å². The molecule has 0 aliphatic carbocycles. The van der Waals surface area contributed by atoms with Gasteiger partial charge >= 0.3 is 0 Å². The number of unbranched alkanes of at least 4 members (excludes halogenated alkanes) is 13. The second kappa shape index (κ2) is 18.3. The number of hydrogen-bond acceptors (Lipinski definition) is 5. The zero-order valence-corrected chi connectivity index (χ0v) is 21.3. The van der Waals surface area contributed by atoms with E-state index in [0.717, 1.165) is 11.5 Å². The summed E-state index contributed by atoms with van der Waals surface area (Å²) < 4.78 is 32.5. The monoisotopic (exact) mass is 464 g/mol. The van der Waals surface area contributed by atoms with Crippen LogP contribution < -0.4 is 5.32 Å². The van der Waals surface area contributed by atoms with Gasteiger partial charge in [-0.05, 0) is 26.0 Å². The summed E-state index contributed by atoms with van der Waals surface area (Å²) in [5.41, 5.74) is -1.02. The number of carbonyl (C=O) groups excluding carboxylic acids is 1. The molecule has 30 heavy (non-hydrogen) atoms. The maximum absolute atomic E-state index is 11.9. The van der Waals surface area contributed by atoms with Crippen molar-refractivity contribution in [3.8, 4) is 0 Å². The second-order valence-electron chi connectivity index (χ2n) is 9.09. The van der Waals surface area contributed by atoms with Crippen molar-refractivity contribution in [2.24, 2.45) is 0 Å². The lowest BCUT2D eigenvalue weighted by Gasteiger charge is -2.27. The van der Waals surface area contributed by atoms with E-state index >= 15 is 0 Å². The Morgan fingerprint density at radius 2 is 1.23 bits per heavy atom. The van der Waals surface area contributed by atoms with Crippen LogP contribution in [0.25, 0.3) is 0 Å². The van der Waals surface area contributed by atoms with Gasteiger partial charge < -0.3 is 9.87 Å². The molecule has 7 heteroatoms. The molecule has 0 aliphatic heterocycles. The van der Waals surface area contributed by atoms with E-state index in [9.17, 15) is 17.8 Å². The van der Waals surface area contributed by atoms with Crippen LogP contribution in [-0.4, -0.2) is 41.7 Å². The molecular weight excluding hydrogens is 418 g/mol. The van der Waals surface area contributed by atoms with Gasteiger partial charge in [-0.25, -0.2) is 8.42 Å². The SMILES string of the molecule is CCCCCCCCCCCCCCCCSCCC(=O)NC(C)(C)CS(=O)(=O)[O-]. The summed E-state index contributed by atoms with van der Waals surface area (Å²) in [6.45, 7) is 5.38. The molecule has 1 amide bonds. The molecule has 0 saturated heterocycles. The predicted octanol–water partition coefficient (Wildman–Crippen LogP) is 6.03. The van der Waals surface area contributed by atoms with E-state index < -0.39 is 21.4 Å². The standard InChI is InChI=1S/C23H47NO4S2/c1-4-5-6-7-8-9-10-11-12-13-14-15-16-17-19-29-20-18-22(25)24-23(2,3)21-30(26,27)28/h4-21H2,1-3H3,(H,24,25)(H,26,27,28)/p-1. The van der Waals surface area contributed by atoms with Crippen LogP contribution in [-0.2, 0) is 14.9 Å². The van der Waals surface area contributed by atoms with Crippen LogP contribution in [0.3, 0.4) is 0 Å². The molecule has 0 unspecified atom stereocenters. The van der Waals surface area contributed by atoms with Crippen molar-refractivity contribution in [1.29, 1.82) is 0 Å². The highest BCUT2D eigenvalue weighted by Crippen LogP contribution is 2.14. The smallest absolute Gasteiger partial charge is 0.221 e. The minimum Gasteiger partial charge on any atom is -0.748 e. The molecule has 5 nitrogen and oxygen atoms in total. The molecule has 0 aliphatic rings. The van der Waals surface area contributed by atoms with Crippen molar-refractivity contribution in [3.63, 3.8) is 0 Å². The van der Waals surface area contributed by atoms with Gasteiger partial charge in [0.15, 0.2) is 0 Å². The first kappa shape index (κ1) is 29.7. The van der Waals surface area contributed by atoms with Crippen molar-refractivity contribution in [3.05, 3.63) is 0 Å². The zero-order valence-electron chi connectivity index (χ0n) is 19.7. The molecule has 0 bridgehead atoms. The van der Waals surface area contributed by atoms with Crippen molar-refractivity contribution in [1.82, 2.24) is 5.32 Å². The molecule has 0 spiro atoms. The van der Waals surface area contributed by atoms with Gasteiger partial charge in [0.1, 0.15) is 0 Å². The molecule has 0 rings (SSSR count). The molecule has 0 radical (unpaired) electrons. The molecule has 0 saturated carbocycles. The highest BCUT2D eigenvalue weighted by Gasteiger charge is 2.23. The summed E-state index contributed by atoms with van der Waals surface area (Å²) in [4.78, 5) is 11.9. The average molecular weight is 465 g/mol. The minimum absolute atomic E-state index is 0.197. The molecule has 1 N–H and O–H groups in total. The van der Waals surface area contributed by atoms with E-state index in [-0.39, 0.29) is 5.91 Å². The number of thioether (sulfide) groups is 1. The van der Waals surface area contributed by atoms with Gasteiger partial charge in [-0.15, -0.1) is 0 Å². The Hall–Kier alpha value is -0.270. The average Bonchev–Trinajstić information content (AvgIpc) is 2.61. The summed E-state index contributed by atoms with van der Waals surface area (Å²) in [5.74, 6) is 1.00. The van der Waals surface area contributed by atoms with Crippen LogP contribution in [0.5, 0.6) is 0 Å². The number of hydrogen-bond donors (Lipinski definition) is 1. The lowest BCUT2D eigenvalue weighted by atomic mass is 10.0. The van der Waals surface area contributed by atoms with Crippen LogP contribution in [0.4, 0.5) is 0 Å². The van der Waals surface area contributed by atoms with Crippen LogP contribution in [0.2, 0.25) is 0 Å². The number of amides is 1. The van der Waals surface area contributed by atoms with Gasteiger partial charge in [-0.1, -0.05) is 90.4 Å². The molecule has 0 atom stereocenters. The Kier molecular flexibility index (Phi) is 18.2. The van der Waals surface area contributed by atoms with Gasteiger partial charge in [0, 0.05) is 17.7 Å². The summed E-state index contributed by atoms with van der Waals surface area (Å²) in [6.07, 6.45) is 19.3. The van der Waals surface area contributed by atoms with E-state index in [1.165, 1.54) is 89.9 Å². The Morgan fingerprint density at radius 1 is 0.800 bits per heavy atom. The van der Waals surface area contributed by atoms with Gasteiger partial charge in [-0.3, -0.25) is 4.79 Å². The van der Waals surface area contributed by atoms with Crippen molar-refractivity contribution < 1.29 is 17.8 Å². The fourth-order valence-electron chi connectivity index (χ4n) is 3.58. The maximum Gasteiger partial charge on any atom is 0.221 e. The van der Waals surface area contributed by atoms with Crippen LogP contribution in [0.15, 0.2) is 0 Å². The first-order chi connectivity index (χ1) is 14.2. The first-order valence-corrected chi connectivity index (χ1v) is 14.7. The largest absolute Gasteiger partial charge is 0.748 e. The second-order valence-corrected chi connectivity index (χ2v) is 11.7. The molecule has 0 heterocycles. The summed E-state index contributed by atoms with van der Waals surface area (Å²) in [6, 6.07) is 0. The first-order valence-electron chi connectivity index (χ1n) is 12.0. The van der Waals surface area contributed by atoms with Gasteiger partial charge in [0.05, 0.1) is 15.9 Å². The fourth-order valence-corrected chi connectivity index (χ4v) is 5.48.